The van der Waals surface area contributed by atoms with E-state index in [0.717, 1.165) is 11.1 Å². The van der Waals surface area contributed by atoms with E-state index in [-0.39, 0.29) is 6.54 Å². The number of ether oxygens (including phenoxy) is 3. The molecule has 0 radical (unpaired) electrons. The summed E-state index contributed by atoms with van der Waals surface area (Å²) in [6.45, 7) is 3.82. The lowest BCUT2D eigenvalue weighted by molar-refractivity contribution is -0.275. The molecule has 4 rings (SSSR count). The second kappa shape index (κ2) is 10.1. The lowest BCUT2D eigenvalue weighted by atomic mass is 9.99. The van der Waals surface area contributed by atoms with Crippen LogP contribution in [0.4, 0.5) is 0 Å². The van der Waals surface area contributed by atoms with Gasteiger partial charge in [-0.2, -0.15) is 0 Å². The molecule has 1 fully saturated rings. The van der Waals surface area contributed by atoms with E-state index in [2.05, 4.69) is 16.9 Å². The summed E-state index contributed by atoms with van der Waals surface area (Å²) in [4.78, 5) is 0. The molecule has 1 aromatic heterocycles. The summed E-state index contributed by atoms with van der Waals surface area (Å²) < 4.78 is 18.6. The Bertz CT molecular complexity index is 1070. The maximum Gasteiger partial charge on any atom is 0.229 e. The highest BCUT2D eigenvalue weighted by atomic mass is 16.7. The minimum absolute atomic E-state index is 0.0973. The highest BCUT2D eigenvalue weighted by Crippen LogP contribution is 2.32. The molecule has 2 heterocycles. The first-order valence-electron chi connectivity index (χ1n) is 10.6. The molecule has 0 spiro atoms. The van der Waals surface area contributed by atoms with Gasteiger partial charge in [0.2, 0.25) is 6.29 Å². The number of nitrogens with zero attached hydrogens (tertiary/aromatic N) is 3. The Morgan fingerprint density at radius 1 is 1.06 bits per heavy atom. The maximum absolute atomic E-state index is 10.5. The van der Waals surface area contributed by atoms with Crippen molar-refractivity contribution < 1.29 is 29.5 Å². The Kier molecular flexibility index (Phi) is 7.05. The monoisotopic (exact) mass is 453 g/mol. The summed E-state index contributed by atoms with van der Waals surface area (Å²) in [7, 11) is 1.51. The lowest BCUT2D eigenvalue weighted by Crippen LogP contribution is -2.60. The largest absolute Gasteiger partial charge is 0.493 e. The van der Waals surface area contributed by atoms with E-state index in [1.165, 1.54) is 11.8 Å². The molecule has 0 amide bonds. The summed E-state index contributed by atoms with van der Waals surface area (Å²) in [6.07, 6.45) is -2.26. The van der Waals surface area contributed by atoms with Gasteiger partial charge in [-0.25, -0.2) is 4.68 Å². The first-order valence-corrected chi connectivity index (χ1v) is 10.6. The molecule has 0 aliphatic carbocycles. The molecular formula is C24H27N3O6. The van der Waals surface area contributed by atoms with Crippen LogP contribution >= 0.6 is 0 Å². The number of hydrogen-bond acceptors (Lipinski definition) is 8. The summed E-state index contributed by atoms with van der Waals surface area (Å²) in [5.41, 5.74) is 2.55. The van der Waals surface area contributed by atoms with Crippen LogP contribution in [0.5, 0.6) is 11.5 Å². The van der Waals surface area contributed by atoms with Crippen molar-refractivity contribution >= 4 is 0 Å². The lowest BCUT2D eigenvalue weighted by Gasteiger charge is -2.40. The molecule has 5 atom stereocenters. The van der Waals surface area contributed by atoms with Gasteiger partial charge in [0.25, 0.3) is 0 Å². The highest BCUT2D eigenvalue weighted by molar-refractivity contribution is 5.57. The fourth-order valence-corrected chi connectivity index (χ4v) is 3.71. The van der Waals surface area contributed by atoms with Crippen molar-refractivity contribution in [3.05, 3.63) is 72.9 Å². The van der Waals surface area contributed by atoms with E-state index in [9.17, 15) is 15.3 Å². The van der Waals surface area contributed by atoms with Crippen LogP contribution < -0.4 is 9.47 Å². The Morgan fingerprint density at radius 2 is 1.85 bits per heavy atom. The molecule has 2 aromatic carbocycles. The van der Waals surface area contributed by atoms with Crippen LogP contribution in [0.3, 0.4) is 0 Å². The molecule has 1 saturated heterocycles. The SMILES string of the molecule is C=CCc1ccc(O[C@@H]2O[C@H](Cn3cc(-c4ccccc4)nn3)[C@@H](O)[C@H](O)[C@H]2O)c(OC)c1. The molecule has 1 aliphatic heterocycles. The molecule has 0 unspecified atom stereocenters. The van der Waals surface area contributed by atoms with Crippen LogP contribution in [0.1, 0.15) is 5.56 Å². The smallest absolute Gasteiger partial charge is 0.229 e. The summed E-state index contributed by atoms with van der Waals surface area (Å²) in [5.74, 6) is 0.787. The molecule has 9 nitrogen and oxygen atoms in total. The van der Waals surface area contributed by atoms with E-state index >= 15 is 0 Å². The molecule has 3 aromatic rings. The average molecular weight is 453 g/mol. The van der Waals surface area contributed by atoms with Gasteiger partial charge < -0.3 is 29.5 Å². The van der Waals surface area contributed by atoms with Crippen LogP contribution in [-0.2, 0) is 17.7 Å². The number of aromatic nitrogens is 3. The maximum atomic E-state index is 10.5. The first kappa shape index (κ1) is 22.9. The third-order valence-electron chi connectivity index (χ3n) is 5.49. The number of allylic oxidation sites excluding steroid dienone is 1. The zero-order chi connectivity index (χ0) is 23.4. The fourth-order valence-electron chi connectivity index (χ4n) is 3.71. The quantitative estimate of drug-likeness (QED) is 0.440. The van der Waals surface area contributed by atoms with E-state index in [0.29, 0.717) is 23.6 Å². The van der Waals surface area contributed by atoms with Gasteiger partial charge in [0.15, 0.2) is 11.5 Å². The van der Waals surface area contributed by atoms with Crippen molar-refractivity contribution in [3.8, 4) is 22.8 Å². The van der Waals surface area contributed by atoms with Crippen molar-refractivity contribution in [3.63, 3.8) is 0 Å². The fraction of sp³-hybridized carbons (Fsp3) is 0.333. The van der Waals surface area contributed by atoms with E-state index < -0.39 is 30.7 Å². The van der Waals surface area contributed by atoms with Crippen molar-refractivity contribution in [2.45, 2.75) is 43.7 Å². The number of aliphatic hydroxyl groups is 3. The second-order valence-corrected chi connectivity index (χ2v) is 7.80. The van der Waals surface area contributed by atoms with Crippen molar-refractivity contribution in [1.82, 2.24) is 15.0 Å². The predicted octanol–water partition coefficient (Wildman–Crippen LogP) is 1.57. The van der Waals surface area contributed by atoms with Crippen molar-refractivity contribution in [2.24, 2.45) is 0 Å². The molecule has 9 heteroatoms. The zero-order valence-electron chi connectivity index (χ0n) is 18.2. The number of aliphatic hydroxyl groups excluding tert-OH is 3. The molecule has 3 N–H and O–H groups in total. The summed E-state index contributed by atoms with van der Waals surface area (Å²) in [6, 6.07) is 14.9. The number of rotatable bonds is 8. The van der Waals surface area contributed by atoms with Crippen LogP contribution in [0.15, 0.2) is 67.4 Å². The van der Waals surface area contributed by atoms with E-state index in [1.807, 2.05) is 36.4 Å². The van der Waals surface area contributed by atoms with Gasteiger partial charge in [-0.3, -0.25) is 0 Å². The summed E-state index contributed by atoms with van der Waals surface area (Å²) >= 11 is 0. The molecule has 33 heavy (non-hydrogen) atoms. The Balaban J connectivity index is 1.50. The molecular weight excluding hydrogens is 426 g/mol. The Labute approximate surface area is 191 Å². The average Bonchev–Trinajstić information content (AvgIpc) is 3.31. The molecule has 0 bridgehead atoms. The number of methoxy groups -OCH3 is 1. The van der Waals surface area contributed by atoms with Gasteiger partial charge in [0, 0.05) is 5.56 Å². The van der Waals surface area contributed by atoms with Crippen LogP contribution in [0.25, 0.3) is 11.3 Å². The highest BCUT2D eigenvalue weighted by Gasteiger charge is 2.45. The first-order chi connectivity index (χ1) is 16.0. The third-order valence-corrected chi connectivity index (χ3v) is 5.49. The van der Waals surface area contributed by atoms with Gasteiger partial charge in [-0.1, -0.05) is 47.7 Å². The topological polar surface area (TPSA) is 119 Å². The van der Waals surface area contributed by atoms with E-state index in [1.54, 1.807) is 24.4 Å². The van der Waals surface area contributed by atoms with Crippen LogP contribution in [0, 0.1) is 0 Å². The van der Waals surface area contributed by atoms with Gasteiger partial charge >= 0.3 is 0 Å². The predicted molar refractivity (Wildman–Crippen MR) is 120 cm³/mol. The van der Waals surface area contributed by atoms with Gasteiger partial charge in [0.05, 0.1) is 19.9 Å². The molecule has 0 saturated carbocycles. The zero-order valence-corrected chi connectivity index (χ0v) is 18.2. The molecule has 1 aliphatic rings. The van der Waals surface area contributed by atoms with Crippen molar-refractivity contribution in [1.29, 1.82) is 0 Å². The normalized spacial score (nSPS) is 24.9. The van der Waals surface area contributed by atoms with Gasteiger partial charge in [-0.05, 0) is 24.1 Å². The number of hydrogen-bond donors (Lipinski definition) is 3. The minimum Gasteiger partial charge on any atom is -0.493 e. The van der Waals surface area contributed by atoms with E-state index in [4.69, 9.17) is 14.2 Å². The van der Waals surface area contributed by atoms with Crippen LogP contribution in [-0.4, -0.2) is 68.1 Å². The summed E-state index contributed by atoms with van der Waals surface area (Å²) in [5, 5.41) is 39.6. The van der Waals surface area contributed by atoms with Crippen molar-refractivity contribution in [2.75, 3.05) is 7.11 Å². The minimum atomic E-state index is -1.48. The standard InChI is InChI=1S/C24H27N3O6/c1-3-7-15-10-11-18(19(12-15)31-2)32-24-23(30)22(29)21(28)20(33-24)14-27-13-17(25-26-27)16-8-5-4-6-9-16/h3-6,8-13,20-24,28-30H,1,7,14H2,2H3/t20-,21-,22+,23-,24-/m1/s1. The van der Waals surface area contributed by atoms with Crippen LogP contribution in [0.2, 0.25) is 0 Å². The Hall–Kier alpha value is -3.24. The second-order valence-electron chi connectivity index (χ2n) is 7.80. The molecule has 174 valence electrons. The third kappa shape index (κ3) is 5.07. The number of benzene rings is 2. The van der Waals surface area contributed by atoms with Gasteiger partial charge in [0.1, 0.15) is 30.1 Å². The van der Waals surface area contributed by atoms with Gasteiger partial charge in [-0.15, -0.1) is 11.7 Å². The Morgan fingerprint density at radius 3 is 2.58 bits per heavy atom.